The minimum atomic E-state index is -0.507. The molecule has 164 valence electrons. The molecule has 1 heterocycles. The van der Waals surface area contributed by atoms with E-state index in [1.54, 1.807) is 14.2 Å². The maximum Gasteiger partial charge on any atom is 0.227 e. The van der Waals surface area contributed by atoms with Gasteiger partial charge in [0, 0.05) is 51.0 Å². The molecule has 1 saturated heterocycles. The number of amides is 1. The average molecular weight is 517 g/mol. The van der Waals surface area contributed by atoms with Crippen LogP contribution in [-0.4, -0.2) is 58.2 Å². The third-order valence-corrected chi connectivity index (χ3v) is 5.05. The number of nitrogens with zero attached hydrogens (tertiary/aromatic N) is 2. The Balaban J connectivity index is 0.00000420. The predicted octanol–water partition coefficient (Wildman–Crippen LogP) is 2.61. The SMILES string of the molecule is CCNC(=O)C(C)(C)CNC(=NC)NC1CCCN(c2cccc(OC)c2)C1.I. The van der Waals surface area contributed by atoms with E-state index in [1.807, 2.05) is 32.9 Å². The van der Waals surface area contributed by atoms with Gasteiger partial charge in [-0.2, -0.15) is 0 Å². The highest BCUT2D eigenvalue weighted by Crippen LogP contribution is 2.24. The van der Waals surface area contributed by atoms with E-state index in [9.17, 15) is 4.79 Å². The second-order valence-corrected chi connectivity index (χ2v) is 7.80. The number of halogens is 1. The van der Waals surface area contributed by atoms with Gasteiger partial charge in [-0.1, -0.05) is 6.07 Å². The highest BCUT2D eigenvalue weighted by molar-refractivity contribution is 14.0. The fourth-order valence-corrected chi connectivity index (χ4v) is 3.31. The molecule has 7 nitrogen and oxygen atoms in total. The first-order chi connectivity index (χ1) is 13.4. The van der Waals surface area contributed by atoms with E-state index in [2.05, 4.69) is 38.0 Å². The van der Waals surface area contributed by atoms with Crippen molar-refractivity contribution in [3.63, 3.8) is 0 Å². The molecule has 2 rings (SSSR count). The van der Waals surface area contributed by atoms with Gasteiger partial charge in [0.15, 0.2) is 5.96 Å². The Morgan fingerprint density at radius 1 is 1.34 bits per heavy atom. The molecule has 0 radical (unpaired) electrons. The van der Waals surface area contributed by atoms with E-state index in [0.29, 0.717) is 19.1 Å². The van der Waals surface area contributed by atoms with Crippen LogP contribution in [0.2, 0.25) is 0 Å². The van der Waals surface area contributed by atoms with Crippen LogP contribution in [0.15, 0.2) is 29.3 Å². The minimum Gasteiger partial charge on any atom is -0.497 e. The van der Waals surface area contributed by atoms with Crippen molar-refractivity contribution in [2.24, 2.45) is 10.4 Å². The molecule has 1 aliphatic heterocycles. The molecule has 0 bridgehead atoms. The van der Waals surface area contributed by atoms with Crippen molar-refractivity contribution in [2.75, 3.05) is 45.2 Å². The lowest BCUT2D eigenvalue weighted by atomic mass is 9.92. The van der Waals surface area contributed by atoms with Crippen LogP contribution in [-0.2, 0) is 4.79 Å². The molecular formula is C21H36IN5O2. The maximum atomic E-state index is 12.2. The van der Waals surface area contributed by atoms with Crippen molar-refractivity contribution in [2.45, 2.75) is 39.7 Å². The second kappa shape index (κ2) is 12.1. The van der Waals surface area contributed by atoms with Crippen molar-refractivity contribution >= 4 is 41.5 Å². The fraction of sp³-hybridized carbons (Fsp3) is 0.619. The molecule has 8 heteroatoms. The van der Waals surface area contributed by atoms with Crippen molar-refractivity contribution in [1.82, 2.24) is 16.0 Å². The van der Waals surface area contributed by atoms with Gasteiger partial charge in [0.25, 0.3) is 0 Å². The van der Waals surface area contributed by atoms with Crippen LogP contribution in [0.4, 0.5) is 5.69 Å². The van der Waals surface area contributed by atoms with Crippen molar-refractivity contribution in [3.8, 4) is 5.75 Å². The molecule has 29 heavy (non-hydrogen) atoms. The zero-order chi connectivity index (χ0) is 20.6. The van der Waals surface area contributed by atoms with Crippen molar-refractivity contribution < 1.29 is 9.53 Å². The smallest absolute Gasteiger partial charge is 0.227 e. The third kappa shape index (κ3) is 7.56. The monoisotopic (exact) mass is 517 g/mol. The number of aliphatic imine (C=N–C) groups is 1. The van der Waals surface area contributed by atoms with Crippen LogP contribution in [0.25, 0.3) is 0 Å². The Labute approximate surface area is 192 Å². The van der Waals surface area contributed by atoms with E-state index in [4.69, 9.17) is 4.74 Å². The Morgan fingerprint density at radius 3 is 2.76 bits per heavy atom. The van der Waals surface area contributed by atoms with Crippen LogP contribution < -0.4 is 25.6 Å². The third-order valence-electron chi connectivity index (χ3n) is 5.05. The van der Waals surface area contributed by atoms with E-state index in [0.717, 1.165) is 37.6 Å². The van der Waals surface area contributed by atoms with Crippen molar-refractivity contribution in [1.29, 1.82) is 0 Å². The molecule has 0 saturated carbocycles. The van der Waals surface area contributed by atoms with Gasteiger partial charge in [0.05, 0.1) is 12.5 Å². The Bertz CT molecular complexity index is 681. The molecule has 1 unspecified atom stereocenters. The maximum absolute atomic E-state index is 12.2. The van der Waals surface area contributed by atoms with E-state index >= 15 is 0 Å². The lowest BCUT2D eigenvalue weighted by Crippen LogP contribution is -2.53. The van der Waals surface area contributed by atoms with E-state index in [-0.39, 0.29) is 29.9 Å². The molecule has 1 amide bonds. The standard InChI is InChI=1S/C21H35N5O2.HI/c1-6-23-19(27)21(2,3)15-24-20(22-4)25-16-9-8-12-26(14-16)17-10-7-11-18(13-17)28-5;/h7,10-11,13,16H,6,8-9,12,14-15H2,1-5H3,(H,23,27)(H2,22,24,25);1H. The van der Waals surface area contributed by atoms with Crippen molar-refractivity contribution in [3.05, 3.63) is 24.3 Å². The van der Waals surface area contributed by atoms with Crippen LogP contribution in [0.3, 0.4) is 0 Å². The molecule has 3 N–H and O–H groups in total. The van der Waals surface area contributed by atoms with Crippen LogP contribution >= 0.6 is 24.0 Å². The lowest BCUT2D eigenvalue weighted by molar-refractivity contribution is -0.128. The summed E-state index contributed by atoms with van der Waals surface area (Å²) in [5, 5.41) is 9.71. The van der Waals surface area contributed by atoms with Gasteiger partial charge >= 0.3 is 0 Å². The van der Waals surface area contributed by atoms with Gasteiger partial charge in [-0.15, -0.1) is 24.0 Å². The summed E-state index contributed by atoms with van der Waals surface area (Å²) >= 11 is 0. The Kier molecular flexibility index (Phi) is 10.6. The van der Waals surface area contributed by atoms with Gasteiger partial charge in [0.2, 0.25) is 5.91 Å². The number of guanidine groups is 1. The summed E-state index contributed by atoms with van der Waals surface area (Å²) in [6.07, 6.45) is 2.19. The number of carbonyl (C=O) groups is 1. The van der Waals surface area contributed by atoms with Gasteiger partial charge in [-0.3, -0.25) is 9.79 Å². The number of carbonyl (C=O) groups excluding carboxylic acids is 1. The normalized spacial score (nSPS) is 17.2. The lowest BCUT2D eigenvalue weighted by Gasteiger charge is -2.36. The van der Waals surface area contributed by atoms with Gasteiger partial charge in [-0.05, 0) is 45.7 Å². The fourth-order valence-electron chi connectivity index (χ4n) is 3.31. The number of nitrogens with one attached hydrogen (secondary N) is 3. The highest BCUT2D eigenvalue weighted by atomic mass is 127. The zero-order valence-electron chi connectivity index (χ0n) is 18.2. The van der Waals surface area contributed by atoms with Crippen LogP contribution in [0, 0.1) is 5.41 Å². The minimum absolute atomic E-state index is 0. The first kappa shape index (κ1) is 25.3. The molecule has 1 aromatic carbocycles. The Morgan fingerprint density at radius 2 is 2.10 bits per heavy atom. The topological polar surface area (TPSA) is 78.0 Å². The van der Waals surface area contributed by atoms with E-state index < -0.39 is 5.41 Å². The number of benzene rings is 1. The number of hydrogen-bond acceptors (Lipinski definition) is 4. The number of hydrogen-bond donors (Lipinski definition) is 3. The van der Waals surface area contributed by atoms with Gasteiger partial charge < -0.3 is 25.6 Å². The summed E-state index contributed by atoms with van der Waals surface area (Å²) in [4.78, 5) is 18.9. The summed E-state index contributed by atoms with van der Waals surface area (Å²) in [6, 6.07) is 8.47. The number of anilines is 1. The van der Waals surface area contributed by atoms with Crippen LogP contribution in [0.5, 0.6) is 5.75 Å². The first-order valence-corrected chi connectivity index (χ1v) is 10.0. The van der Waals surface area contributed by atoms with Gasteiger partial charge in [0.1, 0.15) is 5.75 Å². The van der Waals surface area contributed by atoms with Gasteiger partial charge in [-0.25, -0.2) is 0 Å². The molecule has 1 aromatic rings. The second-order valence-electron chi connectivity index (χ2n) is 7.80. The number of piperidine rings is 1. The van der Waals surface area contributed by atoms with Crippen LogP contribution in [0.1, 0.15) is 33.6 Å². The summed E-state index contributed by atoms with van der Waals surface area (Å²) in [5.41, 5.74) is 0.665. The largest absolute Gasteiger partial charge is 0.497 e. The molecule has 1 aliphatic rings. The highest BCUT2D eigenvalue weighted by Gasteiger charge is 2.28. The first-order valence-electron chi connectivity index (χ1n) is 10.0. The number of methoxy groups -OCH3 is 1. The molecule has 0 spiro atoms. The summed E-state index contributed by atoms with van der Waals surface area (Å²) < 4.78 is 5.35. The molecule has 1 fully saturated rings. The molecule has 0 aliphatic carbocycles. The molecule has 0 aromatic heterocycles. The summed E-state index contributed by atoms with van der Waals surface area (Å²) in [6.45, 7) is 8.88. The zero-order valence-corrected chi connectivity index (χ0v) is 20.6. The summed E-state index contributed by atoms with van der Waals surface area (Å²) in [7, 11) is 3.45. The molecule has 1 atom stereocenters. The Hall–Kier alpha value is -1.71. The van der Waals surface area contributed by atoms with E-state index in [1.165, 1.54) is 5.69 Å². The molecular weight excluding hydrogens is 481 g/mol. The average Bonchev–Trinajstić information content (AvgIpc) is 2.71. The summed E-state index contributed by atoms with van der Waals surface area (Å²) in [5.74, 6) is 1.65. The predicted molar refractivity (Wildman–Crippen MR) is 131 cm³/mol. The number of rotatable bonds is 7. The quantitative estimate of drug-likeness (QED) is 0.295. The number of ether oxygens (including phenoxy) is 1.